The highest BCUT2D eigenvalue weighted by molar-refractivity contribution is 7.17. The first-order valence-corrected chi connectivity index (χ1v) is 16.8. The topological polar surface area (TPSA) is 171 Å². The summed E-state index contributed by atoms with van der Waals surface area (Å²) in [5, 5.41) is 11.6. The lowest BCUT2D eigenvalue weighted by atomic mass is 9.99. The predicted octanol–water partition coefficient (Wildman–Crippen LogP) is 5.18. The van der Waals surface area contributed by atoms with Crippen LogP contribution in [0.5, 0.6) is 0 Å². The van der Waals surface area contributed by atoms with Crippen LogP contribution in [0.25, 0.3) is 21.0 Å². The lowest BCUT2D eigenvalue weighted by Crippen LogP contribution is -2.61. The predicted molar refractivity (Wildman–Crippen MR) is 189 cm³/mol. The highest BCUT2D eigenvalue weighted by atomic mass is 32.1. The fourth-order valence-electron chi connectivity index (χ4n) is 5.16. The fraction of sp³-hybridized carbons (Fsp3) is 0.417. The molecule has 2 aromatic carbocycles. The first-order chi connectivity index (χ1) is 22.7. The number of benzene rings is 2. The molecule has 262 valence electrons. The molecule has 0 unspecified atom stereocenters. The minimum atomic E-state index is -1.47. The molecule has 2 atom stereocenters. The summed E-state index contributed by atoms with van der Waals surface area (Å²) in [6.45, 7) is 13.4. The maximum atomic E-state index is 14.0. The average Bonchev–Trinajstić information content (AvgIpc) is 3.55. The van der Waals surface area contributed by atoms with Crippen molar-refractivity contribution in [2.45, 2.75) is 97.1 Å². The molecule has 0 radical (unpaired) electrons. The lowest BCUT2D eigenvalue weighted by molar-refractivity contribution is -0.133. The van der Waals surface area contributed by atoms with E-state index in [0.717, 1.165) is 15.6 Å². The number of rotatable bonds is 10. The maximum absolute atomic E-state index is 14.0. The maximum Gasteiger partial charge on any atom is 0.419 e. The van der Waals surface area contributed by atoms with E-state index in [-0.39, 0.29) is 12.8 Å². The molecule has 0 aliphatic carbocycles. The van der Waals surface area contributed by atoms with Crippen LogP contribution in [0.2, 0.25) is 0 Å². The molecular formula is C36H45N5O7S. The lowest BCUT2D eigenvalue weighted by Gasteiger charge is -2.30. The number of nitrogens with zero attached hydrogens (tertiary/aromatic N) is 1. The Kier molecular flexibility index (Phi) is 10.8. The Bertz CT molecular complexity index is 1880. The third-order valence-electron chi connectivity index (χ3n) is 7.46. The van der Waals surface area contributed by atoms with E-state index in [0.29, 0.717) is 16.5 Å². The van der Waals surface area contributed by atoms with Gasteiger partial charge in [-0.1, -0.05) is 36.4 Å². The molecule has 0 saturated heterocycles. The molecule has 0 aliphatic heterocycles. The summed E-state index contributed by atoms with van der Waals surface area (Å²) in [4.78, 5) is 66.0. The van der Waals surface area contributed by atoms with Crippen molar-refractivity contribution >= 4 is 62.2 Å². The number of thiophene rings is 1. The second kappa shape index (κ2) is 14.3. The standard InChI is InChI=1S/C36H45N5O7S/c1-34(2,3)47-32(45)40-36(7,8)31(44)39-26(18-22-20-49-28-16-12-10-14-24(22)28)30(43)38-25(29(37)42)17-21-19-41(33(46)48-35(4,5)6)27-15-11-9-13-23(21)27/h9-16,19-20,25-26H,17-18H2,1-8H3,(H2,37,42)(H,38,43)(H,39,44)(H,40,45)/t25-,26-/m1/s1. The zero-order valence-electron chi connectivity index (χ0n) is 29.1. The first-order valence-electron chi connectivity index (χ1n) is 15.9. The van der Waals surface area contributed by atoms with Crippen LogP contribution in [0, 0.1) is 0 Å². The van der Waals surface area contributed by atoms with Crippen molar-refractivity contribution in [1.82, 2.24) is 20.5 Å². The van der Waals surface area contributed by atoms with Crippen LogP contribution >= 0.6 is 11.3 Å². The molecule has 0 fully saturated rings. The van der Waals surface area contributed by atoms with Crippen LogP contribution in [0.3, 0.4) is 0 Å². The van der Waals surface area contributed by atoms with Gasteiger partial charge in [0.25, 0.3) is 0 Å². The Morgan fingerprint density at radius 2 is 1.37 bits per heavy atom. The SMILES string of the molecule is CC(C)(C)OC(=O)NC(C)(C)C(=O)N[C@H](Cc1csc2ccccc12)C(=O)N[C@H](Cc1cn(C(=O)OC(C)(C)C)c2ccccc12)C(N)=O. The van der Waals surface area contributed by atoms with E-state index in [2.05, 4.69) is 16.0 Å². The monoisotopic (exact) mass is 691 g/mol. The number of nitrogens with two attached hydrogens (primary N) is 1. The number of carbonyl (C=O) groups is 5. The van der Waals surface area contributed by atoms with Gasteiger partial charge in [0.05, 0.1) is 5.52 Å². The molecule has 49 heavy (non-hydrogen) atoms. The average molecular weight is 692 g/mol. The molecular weight excluding hydrogens is 646 g/mol. The number of primary amides is 1. The van der Waals surface area contributed by atoms with Crippen molar-refractivity contribution in [3.05, 3.63) is 71.2 Å². The smallest absolute Gasteiger partial charge is 0.419 e. The molecule has 13 heteroatoms. The highest BCUT2D eigenvalue weighted by Crippen LogP contribution is 2.27. The number of aromatic nitrogens is 1. The van der Waals surface area contributed by atoms with Crippen LogP contribution in [-0.2, 0) is 36.7 Å². The zero-order valence-corrected chi connectivity index (χ0v) is 29.9. The number of carbonyl (C=O) groups excluding carboxylic acids is 5. The van der Waals surface area contributed by atoms with Crippen molar-refractivity contribution in [3.8, 4) is 0 Å². The van der Waals surface area contributed by atoms with Crippen molar-refractivity contribution in [3.63, 3.8) is 0 Å². The van der Waals surface area contributed by atoms with Gasteiger partial charge in [-0.2, -0.15) is 0 Å². The van der Waals surface area contributed by atoms with E-state index in [1.807, 2.05) is 29.6 Å². The Morgan fingerprint density at radius 1 is 0.776 bits per heavy atom. The van der Waals surface area contributed by atoms with E-state index in [9.17, 15) is 24.0 Å². The molecule has 4 rings (SSSR count). The quantitative estimate of drug-likeness (QED) is 0.177. The van der Waals surface area contributed by atoms with Crippen LogP contribution in [0.4, 0.5) is 9.59 Å². The fourth-order valence-corrected chi connectivity index (χ4v) is 6.14. The number of amides is 4. The summed E-state index contributed by atoms with van der Waals surface area (Å²) >= 11 is 1.50. The number of alkyl carbamates (subject to hydrolysis) is 1. The van der Waals surface area contributed by atoms with E-state index in [1.165, 1.54) is 29.8 Å². The number of fused-ring (bicyclic) bond motifs is 2. The van der Waals surface area contributed by atoms with Crippen molar-refractivity contribution in [2.75, 3.05) is 0 Å². The molecule has 2 heterocycles. The second-order valence-corrected chi connectivity index (χ2v) is 15.3. The van der Waals surface area contributed by atoms with Crippen LogP contribution < -0.4 is 21.7 Å². The minimum absolute atomic E-state index is 0.0366. The van der Waals surface area contributed by atoms with Gasteiger partial charge in [0.15, 0.2) is 0 Å². The van der Waals surface area contributed by atoms with Crippen molar-refractivity contribution < 1.29 is 33.4 Å². The minimum Gasteiger partial charge on any atom is -0.444 e. The summed E-state index contributed by atoms with van der Waals surface area (Å²) in [6.07, 6.45) is 0.237. The molecule has 4 amide bonds. The van der Waals surface area contributed by atoms with E-state index < -0.39 is 58.7 Å². The largest absolute Gasteiger partial charge is 0.444 e. The zero-order chi connectivity index (χ0) is 36.3. The van der Waals surface area contributed by atoms with Gasteiger partial charge in [0.1, 0.15) is 28.8 Å². The Balaban J connectivity index is 1.62. The molecule has 0 saturated carbocycles. The molecule has 2 aromatic heterocycles. The number of hydrogen-bond donors (Lipinski definition) is 4. The second-order valence-electron chi connectivity index (χ2n) is 14.4. The van der Waals surface area contributed by atoms with E-state index >= 15 is 0 Å². The summed E-state index contributed by atoms with van der Waals surface area (Å²) in [5.74, 6) is -2.11. The van der Waals surface area contributed by atoms with Gasteiger partial charge in [-0.25, -0.2) is 9.59 Å². The molecule has 0 spiro atoms. The Morgan fingerprint density at radius 3 is 2.00 bits per heavy atom. The Hall–Kier alpha value is -4.91. The molecule has 0 bridgehead atoms. The number of ether oxygens (including phenoxy) is 2. The number of nitrogens with one attached hydrogen (secondary N) is 3. The number of para-hydroxylation sites is 1. The number of hydrogen-bond acceptors (Lipinski definition) is 8. The van der Waals surface area contributed by atoms with Gasteiger partial charge in [0, 0.05) is 29.1 Å². The first kappa shape index (κ1) is 36.9. The van der Waals surface area contributed by atoms with Gasteiger partial charge in [-0.05, 0) is 89.4 Å². The molecule has 0 aliphatic rings. The van der Waals surface area contributed by atoms with Crippen molar-refractivity contribution in [1.29, 1.82) is 0 Å². The third kappa shape index (κ3) is 9.59. The van der Waals surface area contributed by atoms with Gasteiger partial charge < -0.3 is 31.2 Å². The molecule has 4 aromatic rings. The van der Waals surface area contributed by atoms with Crippen LogP contribution in [-0.4, -0.2) is 63.3 Å². The van der Waals surface area contributed by atoms with E-state index in [4.69, 9.17) is 15.2 Å². The Labute approximate surface area is 289 Å². The van der Waals surface area contributed by atoms with Gasteiger partial charge in [-0.3, -0.25) is 19.0 Å². The van der Waals surface area contributed by atoms with Crippen LogP contribution in [0.15, 0.2) is 60.1 Å². The third-order valence-corrected chi connectivity index (χ3v) is 8.47. The summed E-state index contributed by atoms with van der Waals surface area (Å²) in [6, 6.07) is 12.5. The van der Waals surface area contributed by atoms with Crippen molar-refractivity contribution in [2.24, 2.45) is 5.73 Å². The molecule has 5 N–H and O–H groups in total. The summed E-state index contributed by atoms with van der Waals surface area (Å²) in [5.41, 5.74) is 4.78. The highest BCUT2D eigenvalue weighted by Gasteiger charge is 2.36. The van der Waals surface area contributed by atoms with Gasteiger partial charge >= 0.3 is 12.2 Å². The summed E-state index contributed by atoms with van der Waals surface area (Å²) < 4.78 is 13.3. The molecule has 12 nitrogen and oxygen atoms in total. The summed E-state index contributed by atoms with van der Waals surface area (Å²) in [7, 11) is 0. The van der Waals surface area contributed by atoms with E-state index in [1.54, 1.807) is 72.0 Å². The van der Waals surface area contributed by atoms with Gasteiger partial charge in [-0.15, -0.1) is 11.3 Å². The normalized spacial score (nSPS) is 13.4. The van der Waals surface area contributed by atoms with Gasteiger partial charge in [0.2, 0.25) is 17.7 Å². The van der Waals surface area contributed by atoms with Crippen LogP contribution in [0.1, 0.15) is 66.5 Å².